The summed E-state index contributed by atoms with van der Waals surface area (Å²) < 4.78 is 0. The fourth-order valence-electron chi connectivity index (χ4n) is 3.39. The van der Waals surface area contributed by atoms with Gasteiger partial charge in [-0.3, -0.25) is 9.59 Å². The summed E-state index contributed by atoms with van der Waals surface area (Å²) in [5, 5.41) is 3.09. The molecular formula is C17H34ClN3O2. The van der Waals surface area contributed by atoms with Gasteiger partial charge < -0.3 is 16.0 Å². The van der Waals surface area contributed by atoms with Crippen LogP contribution >= 0.6 is 12.4 Å². The number of carbonyl (C=O) groups is 2. The second-order valence-electron chi connectivity index (χ2n) is 7.44. The third kappa shape index (κ3) is 6.30. The Hall–Kier alpha value is -0.810. The topological polar surface area (TPSA) is 75.4 Å². The van der Waals surface area contributed by atoms with Crippen LogP contribution in [0.5, 0.6) is 0 Å². The summed E-state index contributed by atoms with van der Waals surface area (Å²) in [5.41, 5.74) is 5.46. The Morgan fingerprint density at radius 1 is 1.43 bits per heavy atom. The van der Waals surface area contributed by atoms with Crippen LogP contribution in [0.15, 0.2) is 0 Å². The molecule has 1 aliphatic rings. The van der Waals surface area contributed by atoms with E-state index in [2.05, 4.69) is 33.0 Å². The average molecular weight is 348 g/mol. The van der Waals surface area contributed by atoms with Gasteiger partial charge in [0, 0.05) is 31.1 Å². The van der Waals surface area contributed by atoms with Crippen molar-refractivity contribution in [2.75, 3.05) is 13.1 Å². The molecule has 0 spiro atoms. The number of nitrogens with two attached hydrogens (primary N) is 1. The van der Waals surface area contributed by atoms with Gasteiger partial charge in [0.25, 0.3) is 0 Å². The highest BCUT2D eigenvalue weighted by atomic mass is 35.5. The van der Waals surface area contributed by atoms with Crippen LogP contribution < -0.4 is 11.1 Å². The zero-order valence-electron chi connectivity index (χ0n) is 15.2. The first-order chi connectivity index (χ1) is 10.2. The predicted molar refractivity (Wildman–Crippen MR) is 96.5 cm³/mol. The second-order valence-corrected chi connectivity index (χ2v) is 7.44. The van der Waals surface area contributed by atoms with E-state index >= 15 is 0 Å². The molecule has 5 nitrogen and oxygen atoms in total. The lowest BCUT2D eigenvalue weighted by Gasteiger charge is -2.32. The molecule has 2 amide bonds. The molecule has 1 aliphatic heterocycles. The molecule has 0 aromatic heterocycles. The molecule has 3 atom stereocenters. The maximum atomic E-state index is 12.5. The minimum absolute atomic E-state index is 0. The van der Waals surface area contributed by atoms with Crippen LogP contribution in [0, 0.1) is 11.8 Å². The maximum absolute atomic E-state index is 12.5. The van der Waals surface area contributed by atoms with Gasteiger partial charge in [0.1, 0.15) is 0 Å². The van der Waals surface area contributed by atoms with Crippen LogP contribution in [-0.2, 0) is 9.59 Å². The highest BCUT2D eigenvalue weighted by Crippen LogP contribution is 2.24. The molecule has 0 bridgehead atoms. The summed E-state index contributed by atoms with van der Waals surface area (Å²) in [7, 11) is 0. The Kier molecular flexibility index (Phi) is 9.14. The molecule has 1 saturated heterocycles. The average Bonchev–Trinajstić information content (AvgIpc) is 2.80. The Morgan fingerprint density at radius 3 is 2.52 bits per heavy atom. The monoisotopic (exact) mass is 347 g/mol. The SMILES string of the molecule is CCCC(C)N1CC(C(=O)NC(C)(CN)CC(C)C)CC1=O.Cl. The molecule has 3 unspecified atom stereocenters. The molecule has 0 aromatic carbocycles. The van der Waals surface area contributed by atoms with Gasteiger partial charge in [-0.2, -0.15) is 0 Å². The van der Waals surface area contributed by atoms with Crippen LogP contribution in [-0.4, -0.2) is 41.4 Å². The van der Waals surface area contributed by atoms with Gasteiger partial charge in [0.05, 0.1) is 5.92 Å². The van der Waals surface area contributed by atoms with Gasteiger partial charge in [0.15, 0.2) is 0 Å². The maximum Gasteiger partial charge on any atom is 0.225 e. The second kappa shape index (κ2) is 9.48. The summed E-state index contributed by atoms with van der Waals surface area (Å²) in [6.07, 6.45) is 3.18. The van der Waals surface area contributed by atoms with Crippen LogP contribution in [0.1, 0.15) is 60.3 Å². The smallest absolute Gasteiger partial charge is 0.225 e. The number of hydrogen-bond acceptors (Lipinski definition) is 3. The van der Waals surface area contributed by atoms with Gasteiger partial charge in [-0.15, -0.1) is 12.4 Å². The summed E-state index contributed by atoms with van der Waals surface area (Å²) in [6.45, 7) is 11.3. The summed E-state index contributed by atoms with van der Waals surface area (Å²) in [6, 6.07) is 0.215. The molecule has 23 heavy (non-hydrogen) atoms. The van der Waals surface area contributed by atoms with Crippen molar-refractivity contribution in [3.8, 4) is 0 Å². The third-order valence-electron chi connectivity index (χ3n) is 4.50. The van der Waals surface area contributed by atoms with Crippen molar-refractivity contribution in [2.24, 2.45) is 17.6 Å². The van der Waals surface area contributed by atoms with Crippen LogP contribution in [0.2, 0.25) is 0 Å². The van der Waals surface area contributed by atoms with Gasteiger partial charge in [-0.1, -0.05) is 27.2 Å². The number of nitrogens with zero attached hydrogens (tertiary/aromatic N) is 1. The first kappa shape index (κ1) is 22.2. The molecule has 1 fully saturated rings. The van der Waals surface area contributed by atoms with E-state index in [0.29, 0.717) is 25.4 Å². The lowest BCUT2D eigenvalue weighted by Crippen LogP contribution is -2.54. The van der Waals surface area contributed by atoms with Gasteiger partial charge in [0.2, 0.25) is 11.8 Å². The van der Waals surface area contributed by atoms with E-state index in [-0.39, 0.29) is 36.2 Å². The quantitative estimate of drug-likeness (QED) is 0.707. The zero-order valence-corrected chi connectivity index (χ0v) is 16.0. The van der Waals surface area contributed by atoms with Gasteiger partial charge >= 0.3 is 0 Å². The Labute approximate surface area is 147 Å². The highest BCUT2D eigenvalue weighted by Gasteiger charge is 2.38. The largest absolute Gasteiger partial charge is 0.349 e. The standard InChI is InChI=1S/C17H33N3O2.ClH/c1-6-7-13(4)20-10-14(8-15(20)21)16(22)19-17(5,11-18)9-12(2)3;/h12-14H,6-11,18H2,1-5H3,(H,19,22);1H. The Balaban J connectivity index is 0.00000484. The molecule has 0 aliphatic carbocycles. The van der Waals surface area contributed by atoms with E-state index in [0.717, 1.165) is 19.3 Å². The lowest BCUT2D eigenvalue weighted by molar-refractivity contribution is -0.130. The van der Waals surface area contributed by atoms with Gasteiger partial charge in [-0.25, -0.2) is 0 Å². The molecule has 0 aromatic rings. The number of likely N-dealkylation sites (tertiary alicyclic amines) is 1. The highest BCUT2D eigenvalue weighted by molar-refractivity contribution is 5.89. The molecule has 6 heteroatoms. The van der Waals surface area contributed by atoms with Crippen LogP contribution in [0.4, 0.5) is 0 Å². The number of hydrogen-bond donors (Lipinski definition) is 2. The number of halogens is 1. The molecule has 1 heterocycles. The zero-order chi connectivity index (χ0) is 16.9. The van der Waals surface area contributed by atoms with Crippen molar-refractivity contribution in [1.82, 2.24) is 10.2 Å². The first-order valence-corrected chi connectivity index (χ1v) is 8.54. The van der Waals surface area contributed by atoms with Crippen molar-refractivity contribution < 1.29 is 9.59 Å². The molecule has 1 rings (SSSR count). The van der Waals surface area contributed by atoms with Crippen LogP contribution in [0.25, 0.3) is 0 Å². The van der Waals surface area contributed by atoms with Crippen LogP contribution in [0.3, 0.4) is 0 Å². The van der Waals surface area contributed by atoms with Crippen molar-refractivity contribution in [3.05, 3.63) is 0 Å². The summed E-state index contributed by atoms with van der Waals surface area (Å²) in [4.78, 5) is 26.5. The minimum atomic E-state index is -0.392. The summed E-state index contributed by atoms with van der Waals surface area (Å²) in [5.74, 6) is 0.275. The first-order valence-electron chi connectivity index (χ1n) is 8.54. The predicted octanol–water partition coefficient (Wildman–Crippen LogP) is 2.33. The lowest BCUT2D eigenvalue weighted by atomic mass is 9.90. The molecule has 0 radical (unpaired) electrons. The number of carbonyl (C=O) groups excluding carboxylic acids is 2. The molecule has 0 saturated carbocycles. The molecular weight excluding hydrogens is 314 g/mol. The number of amides is 2. The normalized spacial score (nSPS) is 21.8. The fraction of sp³-hybridized carbons (Fsp3) is 0.882. The van der Waals surface area contributed by atoms with E-state index in [4.69, 9.17) is 5.73 Å². The number of nitrogens with one attached hydrogen (secondary N) is 1. The van der Waals surface area contributed by atoms with Gasteiger partial charge in [-0.05, 0) is 32.6 Å². The number of rotatable bonds is 8. The summed E-state index contributed by atoms with van der Waals surface area (Å²) >= 11 is 0. The van der Waals surface area contributed by atoms with E-state index < -0.39 is 5.54 Å². The van der Waals surface area contributed by atoms with Crippen molar-refractivity contribution >= 4 is 24.2 Å². The molecule has 136 valence electrons. The van der Waals surface area contributed by atoms with E-state index in [9.17, 15) is 9.59 Å². The van der Waals surface area contributed by atoms with Crippen molar-refractivity contribution in [2.45, 2.75) is 71.9 Å². The van der Waals surface area contributed by atoms with E-state index in [1.807, 2.05) is 11.8 Å². The minimum Gasteiger partial charge on any atom is -0.349 e. The molecule has 3 N–H and O–H groups in total. The Bertz CT molecular complexity index is 403. The van der Waals surface area contributed by atoms with Crippen molar-refractivity contribution in [3.63, 3.8) is 0 Å². The van der Waals surface area contributed by atoms with E-state index in [1.165, 1.54) is 0 Å². The van der Waals surface area contributed by atoms with Crippen molar-refractivity contribution in [1.29, 1.82) is 0 Å². The van der Waals surface area contributed by atoms with E-state index in [1.54, 1.807) is 0 Å². The fourth-order valence-corrected chi connectivity index (χ4v) is 3.39. The Morgan fingerprint density at radius 2 is 2.04 bits per heavy atom. The third-order valence-corrected chi connectivity index (χ3v) is 4.50.